The molecule has 0 amide bonds. The van der Waals surface area contributed by atoms with E-state index in [-0.39, 0.29) is 5.97 Å². The van der Waals surface area contributed by atoms with Gasteiger partial charge in [-0.2, -0.15) is 0 Å². The Morgan fingerprint density at radius 2 is 2.11 bits per heavy atom. The van der Waals surface area contributed by atoms with Gasteiger partial charge in [-0.25, -0.2) is 0 Å². The van der Waals surface area contributed by atoms with Crippen LogP contribution in [0.1, 0.15) is 20.8 Å². The minimum Gasteiger partial charge on any atom is -0.468 e. The van der Waals surface area contributed by atoms with Crippen molar-refractivity contribution in [1.82, 2.24) is 15.1 Å². The van der Waals surface area contributed by atoms with Crippen LogP contribution < -0.4 is 5.32 Å². The topological polar surface area (TPSA) is 44.8 Å². The van der Waals surface area contributed by atoms with Gasteiger partial charge in [-0.05, 0) is 33.5 Å². The Kier molecular flexibility index (Phi) is 5.77. The molecule has 1 fully saturated rings. The average molecular weight is 271 g/mol. The van der Waals surface area contributed by atoms with Gasteiger partial charge in [0, 0.05) is 25.7 Å². The van der Waals surface area contributed by atoms with Gasteiger partial charge < -0.3 is 15.0 Å². The van der Waals surface area contributed by atoms with E-state index in [1.165, 1.54) is 7.11 Å². The lowest BCUT2D eigenvalue weighted by Gasteiger charge is -2.32. The zero-order valence-electron chi connectivity index (χ0n) is 13.2. The summed E-state index contributed by atoms with van der Waals surface area (Å²) in [5.74, 6) is 0.439. The monoisotopic (exact) mass is 271 g/mol. The molecule has 1 N–H and O–H groups in total. The number of nitrogens with one attached hydrogen (secondary N) is 1. The maximum absolute atomic E-state index is 12.0. The van der Waals surface area contributed by atoms with Gasteiger partial charge in [0.1, 0.15) is 5.54 Å². The first-order valence-electron chi connectivity index (χ1n) is 7.06. The molecule has 0 saturated carbocycles. The van der Waals surface area contributed by atoms with Crippen molar-refractivity contribution in [2.45, 2.75) is 32.4 Å². The Labute approximate surface area is 117 Å². The van der Waals surface area contributed by atoms with Crippen molar-refractivity contribution in [1.29, 1.82) is 0 Å². The van der Waals surface area contributed by atoms with Gasteiger partial charge in [0.2, 0.25) is 0 Å². The zero-order valence-corrected chi connectivity index (χ0v) is 13.2. The fourth-order valence-corrected chi connectivity index (χ4v) is 3.10. The van der Waals surface area contributed by atoms with Gasteiger partial charge in [-0.1, -0.05) is 13.8 Å². The lowest BCUT2D eigenvalue weighted by Crippen LogP contribution is -2.57. The SMILES string of the molecule is CCNC(C)(CN1CC(C)C(N(C)C)C1)C(=O)OC. The number of esters is 1. The Hall–Kier alpha value is -0.650. The van der Waals surface area contributed by atoms with Crippen molar-refractivity contribution in [2.75, 3.05) is 47.4 Å². The third-order valence-corrected chi connectivity index (χ3v) is 4.05. The van der Waals surface area contributed by atoms with Crippen molar-refractivity contribution >= 4 is 5.97 Å². The summed E-state index contributed by atoms with van der Waals surface area (Å²) in [6.07, 6.45) is 0. The number of methoxy groups -OCH3 is 1. The molecule has 1 rings (SSSR count). The van der Waals surface area contributed by atoms with Crippen LogP contribution in [-0.4, -0.2) is 74.7 Å². The highest BCUT2D eigenvalue weighted by Crippen LogP contribution is 2.22. The minimum absolute atomic E-state index is 0.185. The molecule has 1 saturated heterocycles. The Balaban J connectivity index is 2.69. The second-order valence-corrected chi connectivity index (χ2v) is 6.06. The Bertz CT molecular complexity index is 309. The molecule has 0 aromatic rings. The summed E-state index contributed by atoms with van der Waals surface area (Å²) in [6, 6.07) is 0.559. The van der Waals surface area contributed by atoms with Crippen LogP contribution >= 0.6 is 0 Å². The van der Waals surface area contributed by atoms with E-state index in [9.17, 15) is 4.79 Å². The molecule has 0 aromatic heterocycles. The minimum atomic E-state index is -0.621. The third-order valence-electron chi connectivity index (χ3n) is 4.05. The van der Waals surface area contributed by atoms with Crippen molar-refractivity contribution in [3.8, 4) is 0 Å². The molecule has 112 valence electrons. The van der Waals surface area contributed by atoms with Gasteiger partial charge in [0.15, 0.2) is 0 Å². The highest BCUT2D eigenvalue weighted by Gasteiger charge is 2.39. The number of hydrogen-bond acceptors (Lipinski definition) is 5. The normalized spacial score (nSPS) is 27.5. The first kappa shape index (κ1) is 16.4. The van der Waals surface area contributed by atoms with Crippen LogP contribution in [-0.2, 0) is 9.53 Å². The summed E-state index contributed by atoms with van der Waals surface area (Å²) in [4.78, 5) is 16.6. The van der Waals surface area contributed by atoms with Crippen molar-refractivity contribution in [3.05, 3.63) is 0 Å². The summed E-state index contributed by atoms with van der Waals surface area (Å²) in [6.45, 7) is 9.70. The molecule has 5 nitrogen and oxygen atoms in total. The molecule has 1 aliphatic heterocycles. The lowest BCUT2D eigenvalue weighted by atomic mass is 10.0. The number of carbonyl (C=O) groups excluding carboxylic acids is 1. The quantitative estimate of drug-likeness (QED) is 0.709. The van der Waals surface area contributed by atoms with Gasteiger partial charge in [0.05, 0.1) is 7.11 Å². The van der Waals surface area contributed by atoms with Crippen LogP contribution in [0.15, 0.2) is 0 Å². The van der Waals surface area contributed by atoms with Gasteiger partial charge >= 0.3 is 5.97 Å². The third kappa shape index (κ3) is 3.91. The van der Waals surface area contributed by atoms with E-state index in [0.717, 1.165) is 19.6 Å². The van der Waals surface area contributed by atoms with E-state index < -0.39 is 5.54 Å². The summed E-state index contributed by atoms with van der Waals surface area (Å²) < 4.78 is 4.94. The fourth-order valence-electron chi connectivity index (χ4n) is 3.10. The second kappa shape index (κ2) is 6.68. The van der Waals surface area contributed by atoms with Crippen molar-refractivity contribution < 1.29 is 9.53 Å². The summed E-state index contributed by atoms with van der Waals surface area (Å²) in [5, 5.41) is 3.27. The number of hydrogen-bond donors (Lipinski definition) is 1. The molecule has 0 aromatic carbocycles. The fraction of sp³-hybridized carbons (Fsp3) is 0.929. The van der Waals surface area contributed by atoms with E-state index in [4.69, 9.17) is 4.74 Å². The van der Waals surface area contributed by atoms with E-state index in [1.807, 2.05) is 13.8 Å². The molecule has 0 radical (unpaired) electrons. The molecular formula is C14H29N3O2. The summed E-state index contributed by atoms with van der Waals surface area (Å²) >= 11 is 0. The molecule has 0 aliphatic carbocycles. The lowest BCUT2D eigenvalue weighted by molar-refractivity contribution is -0.148. The maximum atomic E-state index is 12.0. The standard InChI is InChI=1S/C14H29N3O2/c1-7-15-14(3,13(18)19-6)10-17-8-11(2)12(9-17)16(4)5/h11-12,15H,7-10H2,1-6H3. The molecule has 1 heterocycles. The summed E-state index contributed by atoms with van der Waals surface area (Å²) in [7, 11) is 5.69. The first-order chi connectivity index (χ1) is 8.84. The van der Waals surface area contributed by atoms with Gasteiger partial charge in [-0.15, -0.1) is 0 Å². The second-order valence-electron chi connectivity index (χ2n) is 6.06. The average Bonchev–Trinajstić information content (AvgIpc) is 2.69. The van der Waals surface area contributed by atoms with E-state index in [0.29, 0.717) is 18.5 Å². The molecular weight excluding hydrogens is 242 g/mol. The number of likely N-dealkylation sites (N-methyl/N-ethyl adjacent to an activating group) is 2. The van der Waals surface area contributed by atoms with E-state index in [1.54, 1.807) is 0 Å². The molecule has 0 bridgehead atoms. The predicted molar refractivity (Wildman–Crippen MR) is 77.2 cm³/mol. The highest BCUT2D eigenvalue weighted by atomic mass is 16.5. The number of likely N-dealkylation sites (tertiary alicyclic amines) is 1. The van der Waals surface area contributed by atoms with Crippen LogP contribution in [0.4, 0.5) is 0 Å². The molecule has 0 spiro atoms. The molecule has 1 aliphatic rings. The van der Waals surface area contributed by atoms with Crippen LogP contribution in [0.2, 0.25) is 0 Å². The maximum Gasteiger partial charge on any atom is 0.327 e. The van der Waals surface area contributed by atoms with Crippen molar-refractivity contribution in [3.63, 3.8) is 0 Å². The van der Waals surface area contributed by atoms with Crippen LogP contribution in [0.5, 0.6) is 0 Å². The Morgan fingerprint density at radius 1 is 1.47 bits per heavy atom. The number of carbonyl (C=O) groups is 1. The molecule has 3 unspecified atom stereocenters. The molecule has 3 atom stereocenters. The van der Waals surface area contributed by atoms with Gasteiger partial charge in [-0.3, -0.25) is 9.69 Å². The number of nitrogens with zero attached hydrogens (tertiary/aromatic N) is 2. The van der Waals surface area contributed by atoms with E-state index >= 15 is 0 Å². The highest BCUT2D eigenvalue weighted by molar-refractivity contribution is 5.80. The van der Waals surface area contributed by atoms with Crippen LogP contribution in [0.25, 0.3) is 0 Å². The molecule has 5 heteroatoms. The zero-order chi connectivity index (χ0) is 14.6. The molecule has 19 heavy (non-hydrogen) atoms. The predicted octanol–water partition coefficient (Wildman–Crippen LogP) is 0.410. The Morgan fingerprint density at radius 3 is 2.53 bits per heavy atom. The largest absolute Gasteiger partial charge is 0.468 e. The summed E-state index contributed by atoms with van der Waals surface area (Å²) in [5.41, 5.74) is -0.621. The number of ether oxygens (including phenoxy) is 1. The number of rotatable bonds is 6. The van der Waals surface area contributed by atoms with Crippen LogP contribution in [0, 0.1) is 5.92 Å². The van der Waals surface area contributed by atoms with Crippen molar-refractivity contribution in [2.24, 2.45) is 5.92 Å². The van der Waals surface area contributed by atoms with Crippen LogP contribution in [0.3, 0.4) is 0 Å². The first-order valence-corrected chi connectivity index (χ1v) is 7.06. The smallest absolute Gasteiger partial charge is 0.327 e. The van der Waals surface area contributed by atoms with Gasteiger partial charge in [0.25, 0.3) is 0 Å². The van der Waals surface area contributed by atoms with E-state index in [2.05, 4.69) is 36.1 Å².